The fraction of sp³-hybridized carbons (Fsp3) is 0.263. The lowest BCUT2D eigenvalue weighted by atomic mass is 10.1. The van der Waals surface area contributed by atoms with Crippen molar-refractivity contribution in [3.8, 4) is 0 Å². The van der Waals surface area contributed by atoms with Gasteiger partial charge in [-0.3, -0.25) is 9.59 Å². The summed E-state index contributed by atoms with van der Waals surface area (Å²) in [5, 5.41) is 3.55. The lowest BCUT2D eigenvalue weighted by Gasteiger charge is -2.33. The molecule has 1 saturated heterocycles. The molecule has 1 aliphatic heterocycles. The molecule has 1 atom stereocenters. The highest BCUT2D eigenvalue weighted by Gasteiger charge is 2.28. The summed E-state index contributed by atoms with van der Waals surface area (Å²) in [5.74, 6) is -0.409. The van der Waals surface area contributed by atoms with Gasteiger partial charge in [-0.05, 0) is 42.8 Å². The van der Waals surface area contributed by atoms with Gasteiger partial charge in [-0.1, -0.05) is 35.3 Å². The number of hydrogen-bond donors (Lipinski definition) is 1. The zero-order valence-electron chi connectivity index (χ0n) is 14.2. The third-order valence-corrected chi connectivity index (χ3v) is 4.66. The van der Waals surface area contributed by atoms with E-state index in [1.54, 1.807) is 17.0 Å². The summed E-state index contributed by atoms with van der Waals surface area (Å²) < 4.78 is 5.55. The van der Waals surface area contributed by atoms with Crippen LogP contribution >= 0.6 is 23.2 Å². The Hall–Kier alpha value is -2.08. The first-order chi connectivity index (χ1) is 12.4. The summed E-state index contributed by atoms with van der Waals surface area (Å²) in [5.41, 5.74) is 2.25. The summed E-state index contributed by atoms with van der Waals surface area (Å²) in [6, 6.07) is 12.4. The fourth-order valence-electron chi connectivity index (χ4n) is 2.77. The monoisotopic (exact) mass is 392 g/mol. The highest BCUT2D eigenvalue weighted by molar-refractivity contribution is 6.36. The van der Waals surface area contributed by atoms with Crippen LogP contribution in [0.3, 0.4) is 0 Å². The van der Waals surface area contributed by atoms with E-state index >= 15 is 0 Å². The van der Waals surface area contributed by atoms with Crippen LogP contribution in [0.25, 0.3) is 0 Å². The molecule has 1 unspecified atom stereocenters. The Kier molecular flexibility index (Phi) is 5.81. The van der Waals surface area contributed by atoms with E-state index in [1.807, 2.05) is 31.2 Å². The third kappa shape index (κ3) is 4.36. The van der Waals surface area contributed by atoms with Gasteiger partial charge < -0.3 is 15.0 Å². The van der Waals surface area contributed by atoms with Crippen LogP contribution in [0.4, 0.5) is 5.69 Å². The molecule has 0 aromatic heterocycles. The molecule has 0 bridgehead atoms. The highest BCUT2D eigenvalue weighted by Crippen LogP contribution is 2.22. The van der Waals surface area contributed by atoms with Crippen molar-refractivity contribution in [1.29, 1.82) is 0 Å². The molecule has 1 aliphatic rings. The smallest absolute Gasteiger partial charge is 0.253 e. The molecule has 3 rings (SSSR count). The Morgan fingerprint density at radius 1 is 1.27 bits per heavy atom. The van der Waals surface area contributed by atoms with E-state index in [-0.39, 0.29) is 36.1 Å². The molecule has 26 heavy (non-hydrogen) atoms. The average Bonchev–Trinajstić information content (AvgIpc) is 2.60. The Morgan fingerprint density at radius 3 is 2.81 bits per heavy atom. The van der Waals surface area contributed by atoms with Crippen LogP contribution < -0.4 is 10.2 Å². The summed E-state index contributed by atoms with van der Waals surface area (Å²) in [4.78, 5) is 26.2. The molecule has 0 aliphatic carbocycles. The van der Waals surface area contributed by atoms with E-state index in [0.29, 0.717) is 17.1 Å². The molecule has 0 spiro atoms. The molecule has 5 nitrogen and oxygen atoms in total. The zero-order chi connectivity index (χ0) is 18.7. The van der Waals surface area contributed by atoms with Gasteiger partial charge >= 0.3 is 0 Å². The molecule has 0 saturated carbocycles. The number of aryl methyl sites for hydroxylation is 1. The van der Waals surface area contributed by atoms with Crippen molar-refractivity contribution in [2.24, 2.45) is 0 Å². The number of ether oxygens (including phenoxy) is 1. The van der Waals surface area contributed by atoms with Crippen molar-refractivity contribution in [2.75, 3.05) is 24.6 Å². The molecule has 2 aromatic carbocycles. The predicted octanol–water partition coefficient (Wildman–Crippen LogP) is 3.46. The van der Waals surface area contributed by atoms with Gasteiger partial charge in [-0.25, -0.2) is 0 Å². The number of anilines is 1. The van der Waals surface area contributed by atoms with Gasteiger partial charge in [0.25, 0.3) is 11.8 Å². The number of rotatable bonds is 4. The van der Waals surface area contributed by atoms with Crippen molar-refractivity contribution in [3.05, 3.63) is 63.6 Å². The van der Waals surface area contributed by atoms with E-state index < -0.39 is 0 Å². The second kappa shape index (κ2) is 8.08. The number of nitrogens with one attached hydrogen (secondary N) is 1. The number of amides is 2. The second-order valence-electron chi connectivity index (χ2n) is 6.11. The third-order valence-electron chi connectivity index (χ3n) is 4.11. The van der Waals surface area contributed by atoms with Crippen LogP contribution in [0.5, 0.6) is 0 Å². The standard InChI is InChI=1S/C19H18Cl2N2O3/c1-12-3-2-4-14(7-12)23-10-15(26-11-18(23)24)9-22-19(25)16-6-5-13(20)8-17(16)21/h2-8,15H,9-11H2,1H3,(H,22,25). The first-order valence-electron chi connectivity index (χ1n) is 8.16. The Labute approximate surface area is 161 Å². The Morgan fingerprint density at radius 2 is 2.08 bits per heavy atom. The summed E-state index contributed by atoms with van der Waals surface area (Å²) in [7, 11) is 0. The lowest BCUT2D eigenvalue weighted by molar-refractivity contribution is -0.129. The first-order valence-corrected chi connectivity index (χ1v) is 8.91. The summed E-state index contributed by atoms with van der Waals surface area (Å²) >= 11 is 11.9. The number of carbonyl (C=O) groups excluding carboxylic acids is 2. The molecule has 1 fully saturated rings. The van der Waals surface area contributed by atoms with Gasteiger partial charge in [-0.15, -0.1) is 0 Å². The number of hydrogen-bond acceptors (Lipinski definition) is 3. The average molecular weight is 393 g/mol. The minimum atomic E-state index is -0.311. The van der Waals surface area contributed by atoms with Crippen LogP contribution in [0.2, 0.25) is 10.0 Å². The number of nitrogens with zero attached hydrogens (tertiary/aromatic N) is 1. The minimum Gasteiger partial charge on any atom is -0.365 e. The highest BCUT2D eigenvalue weighted by atomic mass is 35.5. The number of morpholine rings is 1. The molecule has 136 valence electrons. The molecule has 1 N–H and O–H groups in total. The molecule has 7 heteroatoms. The van der Waals surface area contributed by atoms with E-state index in [2.05, 4.69) is 5.32 Å². The van der Waals surface area contributed by atoms with Crippen LogP contribution in [0.15, 0.2) is 42.5 Å². The van der Waals surface area contributed by atoms with Gasteiger partial charge in [0.15, 0.2) is 0 Å². The SMILES string of the molecule is Cc1cccc(N2CC(CNC(=O)c3ccc(Cl)cc3Cl)OCC2=O)c1. The van der Waals surface area contributed by atoms with Crippen LogP contribution in [-0.2, 0) is 9.53 Å². The normalized spacial score (nSPS) is 17.3. The van der Waals surface area contributed by atoms with Gasteiger partial charge in [0, 0.05) is 17.3 Å². The molecule has 2 aromatic rings. The zero-order valence-corrected chi connectivity index (χ0v) is 15.7. The first kappa shape index (κ1) is 18.7. The van der Waals surface area contributed by atoms with E-state index in [1.165, 1.54) is 6.07 Å². The van der Waals surface area contributed by atoms with Crippen molar-refractivity contribution < 1.29 is 14.3 Å². The van der Waals surface area contributed by atoms with Crippen molar-refractivity contribution in [1.82, 2.24) is 5.32 Å². The Balaban J connectivity index is 1.63. The molecule has 0 radical (unpaired) electrons. The number of benzene rings is 2. The van der Waals surface area contributed by atoms with Crippen LogP contribution in [0.1, 0.15) is 15.9 Å². The van der Waals surface area contributed by atoms with E-state index in [9.17, 15) is 9.59 Å². The van der Waals surface area contributed by atoms with E-state index in [0.717, 1.165) is 11.3 Å². The van der Waals surface area contributed by atoms with Gasteiger partial charge in [-0.2, -0.15) is 0 Å². The van der Waals surface area contributed by atoms with Crippen molar-refractivity contribution in [3.63, 3.8) is 0 Å². The van der Waals surface area contributed by atoms with Crippen molar-refractivity contribution >= 4 is 40.7 Å². The van der Waals surface area contributed by atoms with Crippen LogP contribution in [-0.4, -0.2) is 37.6 Å². The summed E-state index contributed by atoms with van der Waals surface area (Å²) in [6.45, 7) is 2.60. The number of halogens is 2. The number of carbonyl (C=O) groups is 2. The largest absolute Gasteiger partial charge is 0.365 e. The second-order valence-corrected chi connectivity index (χ2v) is 6.95. The Bertz CT molecular complexity index is 841. The van der Waals surface area contributed by atoms with E-state index in [4.69, 9.17) is 27.9 Å². The maximum absolute atomic E-state index is 12.3. The predicted molar refractivity (Wildman–Crippen MR) is 102 cm³/mol. The topological polar surface area (TPSA) is 58.6 Å². The molecular formula is C19H18Cl2N2O3. The lowest BCUT2D eigenvalue weighted by Crippen LogP contribution is -2.50. The van der Waals surface area contributed by atoms with Crippen LogP contribution in [0, 0.1) is 6.92 Å². The van der Waals surface area contributed by atoms with Crippen molar-refractivity contribution in [2.45, 2.75) is 13.0 Å². The van der Waals surface area contributed by atoms with Gasteiger partial charge in [0.2, 0.25) is 0 Å². The quantitative estimate of drug-likeness (QED) is 0.866. The molecule has 2 amide bonds. The molecular weight excluding hydrogens is 375 g/mol. The van der Waals surface area contributed by atoms with Gasteiger partial charge in [0.05, 0.1) is 23.2 Å². The maximum Gasteiger partial charge on any atom is 0.253 e. The maximum atomic E-state index is 12.3. The van der Waals surface area contributed by atoms with Gasteiger partial charge in [0.1, 0.15) is 6.61 Å². The minimum absolute atomic E-state index is 0.0177. The molecule has 1 heterocycles. The fourth-order valence-corrected chi connectivity index (χ4v) is 3.26. The summed E-state index contributed by atoms with van der Waals surface area (Å²) in [6.07, 6.45) is -0.303.